The molecule has 1 rings (SSSR count). The average Bonchev–Trinajstić information content (AvgIpc) is 2.73. The molecule has 1 aromatic rings. The summed E-state index contributed by atoms with van der Waals surface area (Å²) in [6.07, 6.45) is 2.96. The number of rotatable bonds is 8. The summed E-state index contributed by atoms with van der Waals surface area (Å²) in [5.41, 5.74) is 0.390. The molecule has 1 aromatic heterocycles. The molecular formula is C15H22NO4S-. The molecule has 0 aliphatic heterocycles. The van der Waals surface area contributed by atoms with Gasteiger partial charge in [0.15, 0.2) is 0 Å². The average molecular weight is 312 g/mol. The predicted octanol–water partition coefficient (Wildman–Crippen LogP) is 1.39. The van der Waals surface area contributed by atoms with Crippen molar-refractivity contribution in [2.45, 2.75) is 39.7 Å². The van der Waals surface area contributed by atoms with Gasteiger partial charge in [-0.15, -0.1) is 0 Å². The SMILES string of the molecule is CSCC[C@@H](NC(=O)c1cc(CC(C)C)oc1C)C(=O)[O-]. The number of aryl methyl sites for hydroxylation is 1. The minimum atomic E-state index is -1.26. The minimum absolute atomic E-state index is 0.338. The monoisotopic (exact) mass is 312 g/mol. The second kappa shape index (κ2) is 8.12. The molecule has 5 nitrogen and oxygen atoms in total. The molecule has 0 spiro atoms. The summed E-state index contributed by atoms with van der Waals surface area (Å²) >= 11 is 1.52. The first kappa shape index (κ1) is 17.6. The maximum Gasteiger partial charge on any atom is 0.255 e. The lowest BCUT2D eigenvalue weighted by Gasteiger charge is -2.18. The Bertz CT molecular complexity index is 496. The van der Waals surface area contributed by atoms with Crippen LogP contribution in [-0.4, -0.2) is 29.9 Å². The molecule has 6 heteroatoms. The number of hydrogen-bond donors (Lipinski definition) is 1. The highest BCUT2D eigenvalue weighted by Crippen LogP contribution is 2.18. The van der Waals surface area contributed by atoms with Gasteiger partial charge in [0.1, 0.15) is 11.5 Å². The lowest BCUT2D eigenvalue weighted by Crippen LogP contribution is -2.48. The minimum Gasteiger partial charge on any atom is -0.548 e. The Kier molecular flexibility index (Phi) is 6.81. The molecule has 0 saturated carbocycles. The van der Waals surface area contributed by atoms with Crippen LogP contribution in [-0.2, 0) is 11.2 Å². The van der Waals surface area contributed by atoms with Crippen molar-refractivity contribution in [3.05, 3.63) is 23.2 Å². The number of carboxylic acid groups (broad SMARTS) is 1. The molecule has 1 amide bonds. The smallest absolute Gasteiger partial charge is 0.255 e. The summed E-state index contributed by atoms with van der Waals surface area (Å²) in [4.78, 5) is 23.2. The molecule has 0 bridgehead atoms. The second-order valence-electron chi connectivity index (χ2n) is 5.41. The van der Waals surface area contributed by atoms with Crippen molar-refractivity contribution < 1.29 is 19.1 Å². The lowest BCUT2D eigenvalue weighted by atomic mass is 10.1. The number of carbonyl (C=O) groups is 2. The highest BCUT2D eigenvalue weighted by atomic mass is 32.2. The zero-order valence-corrected chi connectivity index (χ0v) is 13.7. The summed E-state index contributed by atoms with van der Waals surface area (Å²) < 4.78 is 5.54. The number of carboxylic acids is 1. The van der Waals surface area contributed by atoms with Crippen LogP contribution < -0.4 is 10.4 Å². The van der Waals surface area contributed by atoms with Crippen LogP contribution in [0.25, 0.3) is 0 Å². The molecule has 118 valence electrons. The van der Waals surface area contributed by atoms with E-state index in [4.69, 9.17) is 4.42 Å². The third-order valence-electron chi connectivity index (χ3n) is 3.02. The summed E-state index contributed by atoms with van der Waals surface area (Å²) in [5.74, 6) is 0.612. The van der Waals surface area contributed by atoms with Crippen molar-refractivity contribution in [3.63, 3.8) is 0 Å². The first-order valence-electron chi connectivity index (χ1n) is 6.95. The van der Waals surface area contributed by atoms with Gasteiger partial charge in [0.05, 0.1) is 17.6 Å². The summed E-state index contributed by atoms with van der Waals surface area (Å²) in [5, 5.41) is 13.5. The zero-order valence-electron chi connectivity index (χ0n) is 12.9. The molecule has 21 heavy (non-hydrogen) atoms. The third kappa shape index (κ3) is 5.46. The standard InChI is InChI=1S/C15H23NO4S/c1-9(2)7-11-8-12(10(3)20-11)14(17)16-13(15(18)19)5-6-21-4/h8-9,13H,5-7H2,1-4H3,(H,16,17)(H,18,19)/p-1/t13-/m1/s1. The van der Waals surface area contributed by atoms with Gasteiger partial charge >= 0.3 is 0 Å². The fourth-order valence-electron chi connectivity index (χ4n) is 1.99. The number of furan rings is 1. The summed E-state index contributed by atoms with van der Waals surface area (Å²) in [7, 11) is 0. The quantitative estimate of drug-likeness (QED) is 0.784. The Labute approximate surface area is 129 Å². The Morgan fingerprint density at radius 1 is 1.43 bits per heavy atom. The van der Waals surface area contributed by atoms with Crippen molar-refractivity contribution in [1.82, 2.24) is 5.32 Å². The fraction of sp³-hybridized carbons (Fsp3) is 0.600. The zero-order chi connectivity index (χ0) is 16.0. The van der Waals surface area contributed by atoms with Crippen molar-refractivity contribution in [2.24, 2.45) is 5.92 Å². The van der Waals surface area contributed by atoms with Crippen molar-refractivity contribution >= 4 is 23.6 Å². The van der Waals surface area contributed by atoms with E-state index in [2.05, 4.69) is 19.2 Å². The van der Waals surface area contributed by atoms with E-state index in [9.17, 15) is 14.7 Å². The lowest BCUT2D eigenvalue weighted by molar-refractivity contribution is -0.308. The number of thioether (sulfide) groups is 1. The van der Waals surface area contributed by atoms with Gasteiger partial charge in [0.2, 0.25) is 0 Å². The van der Waals surface area contributed by atoms with Gasteiger partial charge in [-0.05, 0) is 37.3 Å². The van der Waals surface area contributed by atoms with Crippen LogP contribution in [0.1, 0.15) is 42.1 Å². The van der Waals surface area contributed by atoms with Gasteiger partial charge in [0, 0.05) is 6.42 Å². The number of amides is 1. The number of nitrogens with one attached hydrogen (secondary N) is 1. The van der Waals surface area contributed by atoms with Crippen LogP contribution in [0.3, 0.4) is 0 Å². The van der Waals surface area contributed by atoms with Crippen LogP contribution in [0.5, 0.6) is 0 Å². The van der Waals surface area contributed by atoms with Crippen LogP contribution in [0, 0.1) is 12.8 Å². The molecule has 1 atom stereocenters. The Morgan fingerprint density at radius 2 is 2.10 bits per heavy atom. The van der Waals surface area contributed by atoms with Gasteiger partial charge in [-0.25, -0.2) is 0 Å². The molecule has 0 aliphatic rings. The van der Waals surface area contributed by atoms with Gasteiger partial charge in [-0.3, -0.25) is 4.79 Å². The first-order chi connectivity index (χ1) is 9.85. The van der Waals surface area contributed by atoms with Gasteiger partial charge < -0.3 is 19.6 Å². The van der Waals surface area contributed by atoms with E-state index in [1.54, 1.807) is 13.0 Å². The first-order valence-corrected chi connectivity index (χ1v) is 8.34. The van der Waals surface area contributed by atoms with Crippen molar-refractivity contribution in [3.8, 4) is 0 Å². The molecule has 0 aliphatic carbocycles. The Morgan fingerprint density at radius 3 is 2.62 bits per heavy atom. The molecule has 1 N–H and O–H groups in total. The molecule has 0 unspecified atom stereocenters. The molecule has 1 heterocycles. The van der Waals surface area contributed by atoms with Crippen LogP contribution >= 0.6 is 11.8 Å². The summed E-state index contributed by atoms with van der Waals surface area (Å²) in [6.45, 7) is 5.83. The molecule has 0 radical (unpaired) electrons. The largest absolute Gasteiger partial charge is 0.548 e. The van der Waals surface area contributed by atoms with Crippen molar-refractivity contribution in [1.29, 1.82) is 0 Å². The Balaban J connectivity index is 2.77. The van der Waals surface area contributed by atoms with Gasteiger partial charge in [-0.1, -0.05) is 13.8 Å². The number of carbonyl (C=O) groups excluding carboxylic acids is 2. The van der Waals surface area contributed by atoms with Crippen LogP contribution in [0.15, 0.2) is 10.5 Å². The number of hydrogen-bond acceptors (Lipinski definition) is 5. The van der Waals surface area contributed by atoms with E-state index in [0.29, 0.717) is 29.4 Å². The predicted molar refractivity (Wildman–Crippen MR) is 81.2 cm³/mol. The maximum atomic E-state index is 12.2. The van der Waals surface area contributed by atoms with Crippen molar-refractivity contribution in [2.75, 3.05) is 12.0 Å². The van der Waals surface area contributed by atoms with Crippen LogP contribution in [0.2, 0.25) is 0 Å². The van der Waals surface area contributed by atoms with E-state index in [1.165, 1.54) is 11.8 Å². The third-order valence-corrected chi connectivity index (χ3v) is 3.67. The normalized spacial score (nSPS) is 12.4. The maximum absolute atomic E-state index is 12.2. The number of aliphatic carboxylic acids is 1. The van der Waals surface area contributed by atoms with E-state index in [1.807, 2.05) is 6.26 Å². The fourth-order valence-corrected chi connectivity index (χ4v) is 2.46. The second-order valence-corrected chi connectivity index (χ2v) is 6.39. The molecule has 0 fully saturated rings. The van der Waals surface area contributed by atoms with E-state index >= 15 is 0 Å². The van der Waals surface area contributed by atoms with Gasteiger partial charge in [0.25, 0.3) is 5.91 Å². The molecule has 0 aromatic carbocycles. The van der Waals surface area contributed by atoms with Gasteiger partial charge in [-0.2, -0.15) is 11.8 Å². The Hall–Kier alpha value is -1.43. The molecular weight excluding hydrogens is 290 g/mol. The highest BCUT2D eigenvalue weighted by Gasteiger charge is 2.19. The van der Waals surface area contributed by atoms with Crippen LogP contribution in [0.4, 0.5) is 0 Å². The molecule has 0 saturated heterocycles. The van der Waals surface area contributed by atoms with E-state index in [-0.39, 0.29) is 0 Å². The topological polar surface area (TPSA) is 82.4 Å². The summed E-state index contributed by atoms with van der Waals surface area (Å²) in [6, 6.07) is 0.707. The highest BCUT2D eigenvalue weighted by molar-refractivity contribution is 7.98. The van der Waals surface area contributed by atoms with E-state index < -0.39 is 17.9 Å². The van der Waals surface area contributed by atoms with E-state index in [0.717, 1.165) is 12.2 Å².